The van der Waals surface area contributed by atoms with Gasteiger partial charge in [0.25, 0.3) is 0 Å². The Hall–Kier alpha value is -2.90. The molecule has 8 nitrogen and oxygen atoms in total. The molecule has 0 bridgehead atoms. The predicted molar refractivity (Wildman–Crippen MR) is 114 cm³/mol. The van der Waals surface area contributed by atoms with Crippen molar-refractivity contribution in [3.63, 3.8) is 0 Å². The van der Waals surface area contributed by atoms with E-state index in [1.165, 1.54) is 6.20 Å². The molecule has 2 amide bonds. The van der Waals surface area contributed by atoms with Crippen LogP contribution in [0, 0.1) is 0 Å². The lowest BCUT2D eigenvalue weighted by atomic mass is 9.90. The fourth-order valence-corrected chi connectivity index (χ4v) is 3.76. The fraction of sp³-hybridized carbons (Fsp3) is 0.545. The van der Waals surface area contributed by atoms with Gasteiger partial charge in [0, 0.05) is 17.8 Å². The first-order valence-corrected chi connectivity index (χ1v) is 10.5. The van der Waals surface area contributed by atoms with Crippen LogP contribution in [0.3, 0.4) is 0 Å². The van der Waals surface area contributed by atoms with E-state index >= 15 is 0 Å². The van der Waals surface area contributed by atoms with Gasteiger partial charge in [0.1, 0.15) is 5.60 Å². The van der Waals surface area contributed by atoms with Gasteiger partial charge in [-0.3, -0.25) is 14.3 Å². The average Bonchev–Trinajstić information content (AvgIpc) is 2.68. The SMILES string of the molecule is CC(C)(C)OC(=O)N[C@H]1CCCC[C@H]1NC(=O)CCn1ncc(=O)c2ccccc21. The molecule has 1 aliphatic carbocycles. The molecule has 0 spiro atoms. The fourth-order valence-electron chi connectivity index (χ4n) is 3.76. The van der Waals surface area contributed by atoms with Gasteiger partial charge >= 0.3 is 6.09 Å². The summed E-state index contributed by atoms with van der Waals surface area (Å²) in [4.78, 5) is 36.7. The minimum Gasteiger partial charge on any atom is -0.444 e. The predicted octanol–water partition coefficient (Wildman–Crippen LogP) is 2.74. The summed E-state index contributed by atoms with van der Waals surface area (Å²) in [5.41, 5.74) is 0.00826. The van der Waals surface area contributed by atoms with Crippen molar-refractivity contribution in [2.75, 3.05) is 0 Å². The summed E-state index contributed by atoms with van der Waals surface area (Å²) >= 11 is 0. The van der Waals surface area contributed by atoms with Crippen LogP contribution in [0.15, 0.2) is 35.3 Å². The lowest BCUT2D eigenvalue weighted by Gasteiger charge is -2.33. The number of nitrogens with zero attached hydrogens (tertiary/aromatic N) is 2. The molecule has 1 aliphatic rings. The van der Waals surface area contributed by atoms with E-state index in [4.69, 9.17) is 4.74 Å². The van der Waals surface area contributed by atoms with Crippen LogP contribution >= 0.6 is 0 Å². The molecule has 8 heteroatoms. The summed E-state index contributed by atoms with van der Waals surface area (Å²) in [6.45, 7) is 5.83. The van der Waals surface area contributed by atoms with E-state index in [1.54, 1.807) is 10.7 Å². The normalized spacial score (nSPS) is 19.3. The molecule has 0 saturated heterocycles. The Morgan fingerprint density at radius 2 is 1.80 bits per heavy atom. The van der Waals surface area contributed by atoms with Crippen LogP contribution in [0.2, 0.25) is 0 Å². The Bertz CT molecular complexity index is 963. The van der Waals surface area contributed by atoms with Gasteiger partial charge in [-0.1, -0.05) is 25.0 Å². The van der Waals surface area contributed by atoms with Crippen LogP contribution in [0.4, 0.5) is 4.79 Å². The molecule has 2 aromatic rings. The van der Waals surface area contributed by atoms with Crippen molar-refractivity contribution in [3.8, 4) is 0 Å². The maximum Gasteiger partial charge on any atom is 0.407 e. The third kappa shape index (κ3) is 5.81. The largest absolute Gasteiger partial charge is 0.444 e. The molecule has 2 N–H and O–H groups in total. The monoisotopic (exact) mass is 414 g/mol. The third-order valence-electron chi connectivity index (χ3n) is 5.13. The van der Waals surface area contributed by atoms with E-state index in [0.717, 1.165) is 25.7 Å². The molecule has 1 saturated carbocycles. The van der Waals surface area contributed by atoms with Crippen LogP contribution in [0.25, 0.3) is 10.9 Å². The number of hydrogen-bond donors (Lipinski definition) is 2. The lowest BCUT2D eigenvalue weighted by Crippen LogP contribution is -2.54. The number of aryl methyl sites for hydroxylation is 1. The number of alkyl carbamates (subject to hydrolysis) is 1. The highest BCUT2D eigenvalue weighted by Crippen LogP contribution is 2.20. The lowest BCUT2D eigenvalue weighted by molar-refractivity contribution is -0.122. The van der Waals surface area contributed by atoms with Crippen LogP contribution in [-0.4, -0.2) is 39.5 Å². The van der Waals surface area contributed by atoms with E-state index in [9.17, 15) is 14.4 Å². The highest BCUT2D eigenvalue weighted by atomic mass is 16.6. The zero-order chi connectivity index (χ0) is 21.7. The van der Waals surface area contributed by atoms with E-state index in [2.05, 4.69) is 15.7 Å². The molecule has 30 heavy (non-hydrogen) atoms. The van der Waals surface area contributed by atoms with E-state index in [1.807, 2.05) is 39.0 Å². The van der Waals surface area contributed by atoms with Crippen LogP contribution < -0.4 is 16.1 Å². The number of ether oxygens (including phenoxy) is 1. The first-order chi connectivity index (χ1) is 14.2. The standard InChI is InChI=1S/C22H30N4O4/c1-22(2,3)30-21(29)25-17-10-6-5-9-16(17)24-20(28)12-13-26-18-11-7-4-8-15(18)19(27)14-23-26/h4,7-8,11,14,16-17H,5-6,9-10,12-13H2,1-3H3,(H,24,28)(H,25,29)/t16-,17+/m1/s1. The quantitative estimate of drug-likeness (QED) is 0.783. The van der Waals surface area contributed by atoms with Crippen molar-refractivity contribution >= 4 is 22.9 Å². The topological polar surface area (TPSA) is 102 Å². The molecule has 162 valence electrons. The van der Waals surface area contributed by atoms with E-state index in [0.29, 0.717) is 17.4 Å². The number of amides is 2. The highest BCUT2D eigenvalue weighted by molar-refractivity contribution is 5.79. The molecular weight excluding hydrogens is 384 g/mol. The Labute approximate surface area is 176 Å². The van der Waals surface area contributed by atoms with Gasteiger partial charge < -0.3 is 15.4 Å². The minimum absolute atomic E-state index is 0.109. The summed E-state index contributed by atoms with van der Waals surface area (Å²) in [6.07, 6.45) is 4.67. The Morgan fingerprint density at radius 3 is 2.50 bits per heavy atom. The zero-order valence-corrected chi connectivity index (χ0v) is 17.8. The number of carbonyl (C=O) groups excluding carboxylic acids is 2. The molecule has 1 aromatic heterocycles. The van der Waals surface area contributed by atoms with Crippen molar-refractivity contribution in [2.45, 2.75) is 77.1 Å². The number of para-hydroxylation sites is 1. The summed E-state index contributed by atoms with van der Waals surface area (Å²) < 4.78 is 7.02. The Kier molecular flexibility index (Phi) is 6.74. The van der Waals surface area contributed by atoms with Crippen molar-refractivity contribution < 1.29 is 14.3 Å². The molecule has 0 aliphatic heterocycles. The number of fused-ring (bicyclic) bond motifs is 1. The molecular formula is C22H30N4O4. The van der Waals surface area contributed by atoms with Crippen molar-refractivity contribution in [2.24, 2.45) is 0 Å². The van der Waals surface area contributed by atoms with Gasteiger partial charge in [-0.25, -0.2) is 4.79 Å². The molecule has 1 aromatic carbocycles. The smallest absolute Gasteiger partial charge is 0.407 e. The Morgan fingerprint density at radius 1 is 1.13 bits per heavy atom. The number of benzene rings is 1. The number of hydrogen-bond acceptors (Lipinski definition) is 5. The summed E-state index contributed by atoms with van der Waals surface area (Å²) in [6, 6.07) is 6.95. The van der Waals surface area contributed by atoms with Gasteiger partial charge in [-0.05, 0) is 45.7 Å². The first kappa shape index (κ1) is 21.8. The van der Waals surface area contributed by atoms with Crippen molar-refractivity contribution in [3.05, 3.63) is 40.7 Å². The van der Waals surface area contributed by atoms with Crippen molar-refractivity contribution in [1.29, 1.82) is 0 Å². The van der Waals surface area contributed by atoms with Crippen molar-refractivity contribution in [1.82, 2.24) is 20.4 Å². The van der Waals surface area contributed by atoms with Crippen LogP contribution in [0.1, 0.15) is 52.9 Å². The summed E-state index contributed by atoms with van der Waals surface area (Å²) in [5, 5.41) is 10.7. The summed E-state index contributed by atoms with van der Waals surface area (Å²) in [7, 11) is 0. The van der Waals surface area contributed by atoms with Crippen LogP contribution in [0.5, 0.6) is 0 Å². The number of nitrogens with one attached hydrogen (secondary N) is 2. The maximum atomic E-state index is 12.6. The number of carbonyl (C=O) groups is 2. The summed E-state index contributed by atoms with van der Waals surface area (Å²) in [5.74, 6) is -0.109. The second kappa shape index (κ2) is 9.28. The minimum atomic E-state index is -0.565. The van der Waals surface area contributed by atoms with Gasteiger partial charge in [0.2, 0.25) is 11.3 Å². The second-order valence-electron chi connectivity index (χ2n) is 8.71. The maximum absolute atomic E-state index is 12.6. The molecule has 1 fully saturated rings. The third-order valence-corrected chi connectivity index (χ3v) is 5.13. The zero-order valence-electron chi connectivity index (χ0n) is 17.8. The number of aromatic nitrogens is 2. The molecule has 0 radical (unpaired) electrons. The van der Waals surface area contributed by atoms with Gasteiger partial charge in [0.05, 0.1) is 24.3 Å². The molecule has 1 heterocycles. The van der Waals surface area contributed by atoms with E-state index in [-0.39, 0.29) is 29.8 Å². The average molecular weight is 415 g/mol. The van der Waals surface area contributed by atoms with Gasteiger partial charge in [-0.15, -0.1) is 0 Å². The second-order valence-corrected chi connectivity index (χ2v) is 8.71. The molecule has 0 unspecified atom stereocenters. The van der Waals surface area contributed by atoms with Crippen LogP contribution in [-0.2, 0) is 16.1 Å². The van der Waals surface area contributed by atoms with Gasteiger partial charge in [0.15, 0.2) is 0 Å². The molecule has 2 atom stereocenters. The number of rotatable bonds is 5. The van der Waals surface area contributed by atoms with Gasteiger partial charge in [-0.2, -0.15) is 5.10 Å². The first-order valence-electron chi connectivity index (χ1n) is 10.5. The van der Waals surface area contributed by atoms with E-state index < -0.39 is 11.7 Å². The Balaban J connectivity index is 1.59. The highest BCUT2D eigenvalue weighted by Gasteiger charge is 2.29. The molecule has 3 rings (SSSR count).